The van der Waals surface area contributed by atoms with E-state index in [1.54, 1.807) is 4.90 Å². The van der Waals surface area contributed by atoms with Crippen LogP contribution in [0.15, 0.2) is 24.3 Å². The van der Waals surface area contributed by atoms with Crippen LogP contribution < -0.4 is 10.1 Å². The predicted octanol–water partition coefficient (Wildman–Crippen LogP) is 2.29. The van der Waals surface area contributed by atoms with E-state index in [2.05, 4.69) is 5.32 Å². The molecule has 2 rings (SSSR count). The zero-order valence-corrected chi connectivity index (χ0v) is 12.3. The van der Waals surface area contributed by atoms with Crippen LogP contribution in [0.5, 0.6) is 5.75 Å². The van der Waals surface area contributed by atoms with Gasteiger partial charge in [0.2, 0.25) is 0 Å². The van der Waals surface area contributed by atoms with Gasteiger partial charge in [0.05, 0.1) is 5.56 Å². The van der Waals surface area contributed by atoms with Crippen molar-refractivity contribution in [3.8, 4) is 5.75 Å². The number of hydrogen-bond acceptors (Lipinski definition) is 3. The summed E-state index contributed by atoms with van der Waals surface area (Å²) in [5, 5.41) is 3.17. The summed E-state index contributed by atoms with van der Waals surface area (Å²) in [6.07, 6.45) is -2.68. The molecule has 0 aromatic heterocycles. The van der Waals surface area contributed by atoms with Crippen molar-refractivity contribution in [1.29, 1.82) is 0 Å². The molecule has 1 saturated heterocycles. The Kier molecular flexibility index (Phi) is 5.28. The van der Waals surface area contributed by atoms with Gasteiger partial charge in [0.25, 0.3) is 5.91 Å². The minimum Gasteiger partial charge on any atom is -0.484 e. The maximum absolute atomic E-state index is 12.6. The molecule has 0 unspecified atom stereocenters. The van der Waals surface area contributed by atoms with Crippen molar-refractivity contribution in [1.82, 2.24) is 10.2 Å². The fraction of sp³-hybridized carbons (Fsp3) is 0.533. The SMILES string of the molecule is CNC1CCN(C(=O)COc2cccc(C(F)(F)F)c2)CC1. The van der Waals surface area contributed by atoms with E-state index in [1.165, 1.54) is 12.1 Å². The van der Waals surface area contributed by atoms with Gasteiger partial charge >= 0.3 is 6.18 Å². The summed E-state index contributed by atoms with van der Waals surface area (Å²) >= 11 is 0. The highest BCUT2D eigenvalue weighted by Gasteiger charge is 2.30. The van der Waals surface area contributed by atoms with Gasteiger partial charge in [-0.05, 0) is 38.1 Å². The van der Waals surface area contributed by atoms with E-state index in [0.29, 0.717) is 19.1 Å². The Morgan fingerprint density at radius 1 is 1.36 bits per heavy atom. The summed E-state index contributed by atoms with van der Waals surface area (Å²) in [6, 6.07) is 4.96. The summed E-state index contributed by atoms with van der Waals surface area (Å²) in [5.41, 5.74) is -0.785. The second-order valence-electron chi connectivity index (χ2n) is 5.26. The van der Waals surface area contributed by atoms with Crippen LogP contribution in [0.25, 0.3) is 0 Å². The highest BCUT2D eigenvalue weighted by molar-refractivity contribution is 5.77. The van der Waals surface area contributed by atoms with E-state index in [0.717, 1.165) is 25.0 Å². The largest absolute Gasteiger partial charge is 0.484 e. The van der Waals surface area contributed by atoms with Crippen LogP contribution in [-0.4, -0.2) is 43.6 Å². The number of rotatable bonds is 4. The smallest absolute Gasteiger partial charge is 0.416 e. The first kappa shape index (κ1) is 16.6. The molecule has 1 aliphatic heterocycles. The van der Waals surface area contributed by atoms with Gasteiger partial charge in [0.1, 0.15) is 5.75 Å². The number of halogens is 3. The average molecular weight is 316 g/mol. The van der Waals surface area contributed by atoms with Gasteiger partial charge in [-0.1, -0.05) is 6.07 Å². The third kappa shape index (κ3) is 4.37. The number of carbonyl (C=O) groups excluding carboxylic acids is 1. The molecule has 22 heavy (non-hydrogen) atoms. The molecule has 0 bridgehead atoms. The number of alkyl halides is 3. The first-order valence-electron chi connectivity index (χ1n) is 7.15. The molecule has 0 saturated carbocycles. The fourth-order valence-corrected chi connectivity index (χ4v) is 2.42. The minimum atomic E-state index is -4.42. The van der Waals surface area contributed by atoms with E-state index < -0.39 is 11.7 Å². The van der Waals surface area contributed by atoms with Crippen molar-refractivity contribution in [3.63, 3.8) is 0 Å². The molecular formula is C15H19F3N2O2. The Balaban J connectivity index is 1.86. The lowest BCUT2D eigenvalue weighted by atomic mass is 10.1. The molecule has 0 spiro atoms. The monoisotopic (exact) mass is 316 g/mol. The topological polar surface area (TPSA) is 41.6 Å². The van der Waals surface area contributed by atoms with Gasteiger partial charge in [-0.2, -0.15) is 13.2 Å². The maximum atomic E-state index is 12.6. The second kappa shape index (κ2) is 7.00. The number of piperidine rings is 1. The van der Waals surface area contributed by atoms with Crippen LogP contribution in [0.3, 0.4) is 0 Å². The molecule has 4 nitrogen and oxygen atoms in total. The van der Waals surface area contributed by atoms with Crippen molar-refractivity contribution >= 4 is 5.91 Å². The van der Waals surface area contributed by atoms with Crippen molar-refractivity contribution in [2.24, 2.45) is 0 Å². The Labute approximate surface area is 127 Å². The quantitative estimate of drug-likeness (QED) is 0.927. The van der Waals surface area contributed by atoms with Crippen LogP contribution in [0.2, 0.25) is 0 Å². The molecule has 7 heteroatoms. The summed E-state index contributed by atoms with van der Waals surface area (Å²) in [5.74, 6) is -0.153. The number of nitrogens with zero attached hydrogens (tertiary/aromatic N) is 1. The molecule has 1 fully saturated rings. The molecular weight excluding hydrogens is 297 g/mol. The third-order valence-corrected chi connectivity index (χ3v) is 3.78. The number of hydrogen-bond donors (Lipinski definition) is 1. The molecule has 0 aliphatic carbocycles. The van der Waals surface area contributed by atoms with Gasteiger partial charge in [-0.25, -0.2) is 0 Å². The standard InChI is InChI=1S/C15H19F3N2O2/c1-19-12-5-7-20(8-6-12)14(21)10-22-13-4-2-3-11(9-13)15(16,17)18/h2-4,9,12,19H,5-8,10H2,1H3. The van der Waals surface area contributed by atoms with E-state index in [9.17, 15) is 18.0 Å². The minimum absolute atomic E-state index is 0.0493. The van der Waals surface area contributed by atoms with Gasteiger partial charge in [0, 0.05) is 19.1 Å². The zero-order valence-electron chi connectivity index (χ0n) is 12.3. The zero-order chi connectivity index (χ0) is 16.2. The number of nitrogens with one attached hydrogen (secondary N) is 1. The number of benzene rings is 1. The molecule has 1 amide bonds. The summed E-state index contributed by atoms with van der Waals surface area (Å²) in [7, 11) is 1.89. The van der Waals surface area contributed by atoms with Crippen LogP contribution in [-0.2, 0) is 11.0 Å². The van der Waals surface area contributed by atoms with Gasteiger partial charge in [-0.15, -0.1) is 0 Å². The number of ether oxygens (including phenoxy) is 1. The molecule has 1 aromatic rings. The lowest BCUT2D eigenvalue weighted by molar-refractivity contribution is -0.137. The van der Waals surface area contributed by atoms with Crippen molar-refractivity contribution in [3.05, 3.63) is 29.8 Å². The van der Waals surface area contributed by atoms with Crippen LogP contribution in [0, 0.1) is 0 Å². The lowest BCUT2D eigenvalue weighted by Crippen LogP contribution is -2.45. The first-order chi connectivity index (χ1) is 10.4. The number of likely N-dealkylation sites (tertiary alicyclic amines) is 1. The first-order valence-corrected chi connectivity index (χ1v) is 7.15. The van der Waals surface area contributed by atoms with E-state index in [-0.39, 0.29) is 18.3 Å². The third-order valence-electron chi connectivity index (χ3n) is 3.78. The summed E-state index contributed by atoms with van der Waals surface area (Å²) < 4.78 is 43.0. The van der Waals surface area contributed by atoms with Crippen molar-refractivity contribution in [2.75, 3.05) is 26.7 Å². The van der Waals surface area contributed by atoms with Crippen LogP contribution in [0.1, 0.15) is 18.4 Å². The highest BCUT2D eigenvalue weighted by atomic mass is 19.4. The number of amides is 1. The van der Waals surface area contributed by atoms with E-state index in [1.807, 2.05) is 7.05 Å². The molecule has 122 valence electrons. The Morgan fingerprint density at radius 3 is 2.64 bits per heavy atom. The van der Waals surface area contributed by atoms with Crippen LogP contribution >= 0.6 is 0 Å². The maximum Gasteiger partial charge on any atom is 0.416 e. The van der Waals surface area contributed by atoms with Crippen molar-refractivity contribution in [2.45, 2.75) is 25.1 Å². The number of carbonyl (C=O) groups is 1. The molecule has 0 atom stereocenters. The molecule has 1 aromatic carbocycles. The summed E-state index contributed by atoms with van der Waals surface area (Å²) in [6.45, 7) is 1.03. The van der Waals surface area contributed by atoms with Crippen LogP contribution in [0.4, 0.5) is 13.2 Å². The Hall–Kier alpha value is -1.76. The van der Waals surface area contributed by atoms with E-state index in [4.69, 9.17) is 4.74 Å². The fourth-order valence-electron chi connectivity index (χ4n) is 2.42. The van der Waals surface area contributed by atoms with Gasteiger partial charge in [0.15, 0.2) is 6.61 Å². The predicted molar refractivity (Wildman–Crippen MR) is 75.6 cm³/mol. The molecule has 0 radical (unpaired) electrons. The highest BCUT2D eigenvalue weighted by Crippen LogP contribution is 2.31. The van der Waals surface area contributed by atoms with E-state index >= 15 is 0 Å². The van der Waals surface area contributed by atoms with Gasteiger partial charge in [-0.3, -0.25) is 4.79 Å². The molecule has 1 heterocycles. The van der Waals surface area contributed by atoms with Gasteiger partial charge < -0.3 is 15.0 Å². The van der Waals surface area contributed by atoms with Crippen molar-refractivity contribution < 1.29 is 22.7 Å². The average Bonchev–Trinajstić information content (AvgIpc) is 2.52. The summed E-state index contributed by atoms with van der Waals surface area (Å²) in [4.78, 5) is 13.7. The Morgan fingerprint density at radius 2 is 2.05 bits per heavy atom. The second-order valence-corrected chi connectivity index (χ2v) is 5.26. The normalized spacial score (nSPS) is 16.6. The Bertz CT molecular complexity index is 512. The molecule has 1 N–H and O–H groups in total. The lowest BCUT2D eigenvalue weighted by Gasteiger charge is -2.31. The molecule has 1 aliphatic rings.